The number of hydrogen-bond acceptors (Lipinski definition) is 2. The summed E-state index contributed by atoms with van der Waals surface area (Å²) in [6.07, 6.45) is 0. The average Bonchev–Trinajstić information content (AvgIpc) is 1.41. The van der Waals surface area contributed by atoms with E-state index < -0.39 is 0 Å². The van der Waals surface area contributed by atoms with Crippen LogP contribution in [0, 0.1) is 0 Å². The molecule has 7 heavy (non-hydrogen) atoms. The molecule has 0 saturated heterocycles. The van der Waals surface area contributed by atoms with E-state index in [4.69, 9.17) is 5.11 Å². The zero-order valence-corrected chi connectivity index (χ0v) is 3.27. The molecule has 0 aromatic heterocycles. The predicted octanol–water partition coefficient (Wildman–Crippen LogP) is -2.21. The van der Waals surface area contributed by atoms with Gasteiger partial charge in [-0.15, -0.1) is 0 Å². The molecule has 0 aliphatic heterocycles. The van der Waals surface area contributed by atoms with Gasteiger partial charge in [-0.25, -0.2) is 0 Å². The maximum absolute atomic E-state index is 7.94. The number of ether oxygens (including phenoxy) is 1. The van der Waals surface area contributed by atoms with Crippen molar-refractivity contribution in [2.24, 2.45) is 0 Å². The molecule has 4 heteroatoms. The van der Waals surface area contributed by atoms with Crippen molar-refractivity contribution in [1.82, 2.24) is 0 Å². The van der Waals surface area contributed by atoms with E-state index in [2.05, 4.69) is 4.74 Å². The third-order valence-electron chi connectivity index (χ3n) is 0.295. The second kappa shape index (κ2) is 15.7. The van der Waals surface area contributed by atoms with Crippen molar-refractivity contribution in [2.75, 3.05) is 20.3 Å². The summed E-state index contributed by atoms with van der Waals surface area (Å²) in [5.41, 5.74) is 0. The molecule has 0 radical (unpaired) electrons. The van der Waals surface area contributed by atoms with Crippen molar-refractivity contribution in [3.63, 3.8) is 0 Å². The van der Waals surface area contributed by atoms with Gasteiger partial charge >= 0.3 is 18.9 Å². The summed E-state index contributed by atoms with van der Waals surface area (Å²) < 4.78 is 4.44. The number of methoxy groups -OCH3 is 1. The molecule has 40 valence electrons. The summed E-state index contributed by atoms with van der Waals surface area (Å²) in [5.74, 6) is 0. The zero-order valence-electron chi connectivity index (χ0n) is 3.27. The van der Waals surface area contributed by atoms with Gasteiger partial charge < -0.3 is 9.84 Å². The molecule has 0 aromatic carbocycles. The fourth-order valence-electron chi connectivity index (χ4n) is 0.0913. The average molecular weight is 114 g/mol. The van der Waals surface area contributed by atoms with Crippen LogP contribution in [0.25, 0.3) is 0 Å². The number of rotatable bonds is 2. The van der Waals surface area contributed by atoms with Gasteiger partial charge in [0.05, 0.1) is 13.2 Å². The van der Waals surface area contributed by atoms with Crippen LogP contribution in [0.1, 0.15) is 0 Å². The summed E-state index contributed by atoms with van der Waals surface area (Å²) in [6.45, 7) is 0.566. The Morgan fingerprint density at radius 3 is 2.00 bits per heavy atom. The number of aliphatic hydroxyl groups is 1. The molecule has 0 atom stereocenters. The first kappa shape index (κ1) is 15.7. The van der Waals surface area contributed by atoms with Crippen LogP contribution in [0.3, 0.4) is 0 Å². The topological polar surface area (TPSA) is 29.5 Å². The second-order valence-electron chi connectivity index (χ2n) is 0.716. The summed E-state index contributed by atoms with van der Waals surface area (Å²) in [6, 6.07) is 0. The zero-order chi connectivity index (χ0) is 4.12. The predicted molar refractivity (Wildman–Crippen MR) is 36.0 cm³/mol. The molecule has 0 bridgehead atoms. The van der Waals surface area contributed by atoms with E-state index in [-0.39, 0.29) is 42.8 Å². The number of hydrogen-bond donors (Lipinski definition) is 1. The van der Waals surface area contributed by atoms with Crippen molar-refractivity contribution in [1.29, 1.82) is 0 Å². The Morgan fingerprint density at radius 2 is 2.00 bits per heavy atom. The van der Waals surface area contributed by atoms with Gasteiger partial charge in [0, 0.05) is 7.11 Å². The fraction of sp³-hybridized carbons (Fsp3) is 1.00. The summed E-state index contributed by atoms with van der Waals surface area (Å²) in [7, 11) is 1.55. The van der Waals surface area contributed by atoms with E-state index in [1.807, 2.05) is 0 Å². The third-order valence-corrected chi connectivity index (χ3v) is 0.295. The molecule has 0 unspecified atom stereocenters. The standard InChI is InChI=1S/C3H8O2.Al.Li.4H/c1-5-3-2-4;;;;;;/h4H,2-3H2,1H3;;;;;;. The van der Waals surface area contributed by atoms with E-state index in [1.165, 1.54) is 0 Å². The van der Waals surface area contributed by atoms with Crippen molar-refractivity contribution in [3.8, 4) is 0 Å². The minimum atomic E-state index is 0. The Balaban J connectivity index is -0.0000000800. The normalized spacial score (nSPS) is 6.00. The molecule has 1 N–H and O–H groups in total. The first-order valence-electron chi connectivity index (χ1n) is 1.51. The van der Waals surface area contributed by atoms with Gasteiger partial charge in [-0.3, -0.25) is 0 Å². The number of aliphatic hydroxyl groups excluding tert-OH is 1. The van der Waals surface area contributed by atoms with Crippen molar-refractivity contribution < 1.29 is 9.84 Å². The van der Waals surface area contributed by atoms with Crippen LogP contribution in [0.2, 0.25) is 0 Å². The van der Waals surface area contributed by atoms with Gasteiger partial charge in [-0.2, -0.15) is 0 Å². The van der Waals surface area contributed by atoms with Crippen LogP contribution in [0.4, 0.5) is 0 Å². The molecule has 0 fully saturated rings. The molecular weight excluding hydrogens is 102 g/mol. The second-order valence-corrected chi connectivity index (χ2v) is 0.716. The van der Waals surface area contributed by atoms with Crippen LogP contribution in [0.15, 0.2) is 0 Å². The van der Waals surface area contributed by atoms with Crippen molar-refractivity contribution in [3.05, 3.63) is 0 Å². The molecule has 0 spiro atoms. The first-order valence-corrected chi connectivity index (χ1v) is 1.51. The van der Waals surface area contributed by atoms with Crippen LogP contribution >= 0.6 is 0 Å². The van der Waals surface area contributed by atoms with E-state index in [9.17, 15) is 0 Å². The van der Waals surface area contributed by atoms with Gasteiger partial charge in [0.25, 0.3) is 0 Å². The Hall–Kier alpha value is 1.05. The summed E-state index contributed by atoms with van der Waals surface area (Å²) in [5, 5.41) is 7.94. The van der Waals surface area contributed by atoms with Crippen molar-refractivity contribution >= 4 is 36.2 Å². The van der Waals surface area contributed by atoms with Gasteiger partial charge in [-0.05, 0) is 0 Å². The molecule has 2 nitrogen and oxygen atoms in total. The summed E-state index contributed by atoms with van der Waals surface area (Å²) in [4.78, 5) is 0. The van der Waals surface area contributed by atoms with Gasteiger partial charge in [-0.1, -0.05) is 0 Å². The Bertz CT molecular complexity index is 20.4. The van der Waals surface area contributed by atoms with Crippen LogP contribution in [-0.4, -0.2) is 61.7 Å². The minimum absolute atomic E-state index is 0. The molecule has 0 aliphatic rings. The van der Waals surface area contributed by atoms with Crippen molar-refractivity contribution in [2.45, 2.75) is 0 Å². The first-order chi connectivity index (χ1) is 2.41. The molecular formula is C3H12AlLiO2. The monoisotopic (exact) mass is 114 g/mol. The molecule has 0 saturated carbocycles. The molecule has 0 aliphatic carbocycles. The summed E-state index contributed by atoms with van der Waals surface area (Å²) >= 11 is 0. The SMILES string of the molecule is COCCO.[AlH3].[LiH]. The third kappa shape index (κ3) is 19.3. The van der Waals surface area contributed by atoms with Gasteiger partial charge in [0.2, 0.25) is 0 Å². The molecule has 0 aromatic rings. The Morgan fingerprint density at radius 1 is 1.57 bits per heavy atom. The van der Waals surface area contributed by atoms with Gasteiger partial charge in [0.15, 0.2) is 17.4 Å². The van der Waals surface area contributed by atoms with E-state index in [0.29, 0.717) is 6.61 Å². The molecule has 0 amide bonds. The van der Waals surface area contributed by atoms with Crippen LogP contribution in [-0.2, 0) is 4.74 Å². The Labute approximate surface area is 66.5 Å². The van der Waals surface area contributed by atoms with E-state index >= 15 is 0 Å². The van der Waals surface area contributed by atoms with E-state index in [0.717, 1.165) is 0 Å². The quantitative estimate of drug-likeness (QED) is 0.412. The van der Waals surface area contributed by atoms with Crippen LogP contribution < -0.4 is 0 Å². The van der Waals surface area contributed by atoms with E-state index in [1.54, 1.807) is 7.11 Å². The Kier molecular flexibility index (Phi) is 35.3. The maximum atomic E-state index is 7.94. The van der Waals surface area contributed by atoms with Gasteiger partial charge in [0.1, 0.15) is 0 Å². The molecule has 0 heterocycles. The van der Waals surface area contributed by atoms with Crippen LogP contribution in [0.5, 0.6) is 0 Å². The molecule has 0 rings (SSSR count). The fourth-order valence-corrected chi connectivity index (χ4v) is 0.0913.